The summed E-state index contributed by atoms with van der Waals surface area (Å²) in [4.78, 5) is 4.34. The maximum atomic E-state index is 11.2. The van der Waals surface area contributed by atoms with E-state index in [9.17, 15) is 5.11 Å². The normalized spacial score (nSPS) is 14.0. The number of rotatable bonds is 3. The smallest absolute Gasteiger partial charge is 0.164 e. The first-order valence-corrected chi connectivity index (χ1v) is 9.38. The van der Waals surface area contributed by atoms with Crippen molar-refractivity contribution in [3.8, 4) is 0 Å². The number of anilines is 2. The number of hydrogen-bond donors (Lipinski definition) is 1. The predicted octanol–water partition coefficient (Wildman–Crippen LogP) is 5.66. The molecule has 0 saturated carbocycles. The molecule has 0 aromatic heterocycles. The van der Waals surface area contributed by atoms with Crippen LogP contribution in [0.4, 0.5) is 11.4 Å². The lowest BCUT2D eigenvalue weighted by Gasteiger charge is -2.26. The van der Waals surface area contributed by atoms with Crippen LogP contribution in [-0.4, -0.2) is 18.2 Å². The molecule has 4 heteroatoms. The molecule has 130 valence electrons. The Hall–Kier alpha value is -2.72. The van der Waals surface area contributed by atoms with Gasteiger partial charge in [0.15, 0.2) is 11.6 Å². The van der Waals surface area contributed by atoms with Crippen molar-refractivity contribution in [1.29, 1.82) is 0 Å². The minimum absolute atomic E-state index is 0.280. The van der Waals surface area contributed by atoms with Gasteiger partial charge in [0.25, 0.3) is 0 Å². The topological polar surface area (TPSA) is 26.7 Å². The van der Waals surface area contributed by atoms with E-state index in [1.807, 2.05) is 60.7 Å². The molecule has 0 aliphatic carbocycles. The molecule has 0 bridgehead atoms. The number of aliphatic hydroxyl groups is 1. The Labute approximate surface area is 161 Å². The lowest BCUT2D eigenvalue weighted by atomic mass is 10.1. The number of benzene rings is 3. The number of para-hydroxylation sites is 2. The second-order valence-electron chi connectivity index (χ2n) is 6.15. The highest BCUT2D eigenvalue weighted by Crippen LogP contribution is 2.34. The van der Waals surface area contributed by atoms with Gasteiger partial charge < -0.3 is 14.9 Å². The van der Waals surface area contributed by atoms with Gasteiger partial charge in [-0.25, -0.2) is 0 Å². The van der Waals surface area contributed by atoms with Gasteiger partial charge in [0.2, 0.25) is 0 Å². The molecule has 1 aliphatic rings. The number of nitrogens with zero attached hydrogens (tertiary/aromatic N) is 2. The zero-order valence-corrected chi connectivity index (χ0v) is 15.8. The summed E-state index contributed by atoms with van der Waals surface area (Å²) >= 11 is 3.46. The van der Waals surface area contributed by atoms with E-state index >= 15 is 0 Å². The molecule has 1 saturated heterocycles. The third kappa shape index (κ3) is 3.20. The highest BCUT2D eigenvalue weighted by Gasteiger charge is 2.30. The first-order valence-electron chi connectivity index (χ1n) is 8.58. The van der Waals surface area contributed by atoms with E-state index in [1.165, 1.54) is 0 Å². The van der Waals surface area contributed by atoms with Crippen molar-refractivity contribution < 1.29 is 5.11 Å². The fraction of sp³-hybridized carbons (Fsp3) is 0.0909. The average Bonchev–Trinajstić information content (AvgIpc) is 3.14. The Balaban J connectivity index is 1.84. The van der Waals surface area contributed by atoms with Gasteiger partial charge in [-0.3, -0.25) is 0 Å². The fourth-order valence-electron chi connectivity index (χ4n) is 3.27. The predicted molar refractivity (Wildman–Crippen MR) is 111 cm³/mol. The van der Waals surface area contributed by atoms with E-state index in [1.54, 1.807) is 0 Å². The number of hydrogen-bond acceptors (Lipinski definition) is 3. The first-order chi connectivity index (χ1) is 12.7. The standard InChI is InChI=1S/C22H19BrN2O/c23-18-13-11-17(12-14-18)21(26)22-24(19-7-3-1-4-8-19)15-16-25(22)20-9-5-2-6-10-20/h1-14,26H,15-16H2. The Morgan fingerprint density at radius 3 is 1.62 bits per heavy atom. The molecule has 0 atom stereocenters. The van der Waals surface area contributed by atoms with Gasteiger partial charge in [-0.05, 0) is 36.4 Å². The van der Waals surface area contributed by atoms with E-state index in [4.69, 9.17) is 0 Å². The molecule has 4 rings (SSSR count). The highest BCUT2D eigenvalue weighted by molar-refractivity contribution is 9.10. The fourth-order valence-corrected chi connectivity index (χ4v) is 3.53. The summed E-state index contributed by atoms with van der Waals surface area (Å²) in [7, 11) is 0. The lowest BCUT2D eigenvalue weighted by Crippen LogP contribution is -2.24. The van der Waals surface area contributed by atoms with Crippen LogP contribution in [-0.2, 0) is 0 Å². The lowest BCUT2D eigenvalue weighted by molar-refractivity contribution is 0.504. The Kier molecular flexibility index (Phi) is 4.67. The van der Waals surface area contributed by atoms with Gasteiger partial charge >= 0.3 is 0 Å². The van der Waals surface area contributed by atoms with Crippen molar-refractivity contribution in [1.82, 2.24) is 0 Å². The maximum Gasteiger partial charge on any atom is 0.164 e. The molecule has 0 amide bonds. The highest BCUT2D eigenvalue weighted by atomic mass is 79.9. The molecule has 0 radical (unpaired) electrons. The van der Waals surface area contributed by atoms with Crippen LogP contribution < -0.4 is 9.80 Å². The summed E-state index contributed by atoms with van der Waals surface area (Å²) in [5, 5.41) is 11.2. The van der Waals surface area contributed by atoms with Crippen molar-refractivity contribution in [3.63, 3.8) is 0 Å². The van der Waals surface area contributed by atoms with Gasteiger partial charge in [-0.2, -0.15) is 0 Å². The van der Waals surface area contributed by atoms with Crippen LogP contribution in [0.5, 0.6) is 0 Å². The Morgan fingerprint density at radius 1 is 0.692 bits per heavy atom. The third-order valence-electron chi connectivity index (χ3n) is 4.52. The average molecular weight is 407 g/mol. The summed E-state index contributed by atoms with van der Waals surface area (Å²) in [6.07, 6.45) is 0. The monoisotopic (exact) mass is 406 g/mol. The van der Waals surface area contributed by atoms with Crippen LogP contribution in [0.25, 0.3) is 5.76 Å². The molecule has 1 heterocycles. The maximum absolute atomic E-state index is 11.2. The largest absolute Gasteiger partial charge is 0.504 e. The minimum Gasteiger partial charge on any atom is -0.504 e. The van der Waals surface area contributed by atoms with Crippen molar-refractivity contribution >= 4 is 33.1 Å². The summed E-state index contributed by atoms with van der Waals surface area (Å²) in [5.41, 5.74) is 2.95. The second kappa shape index (κ2) is 7.26. The molecular weight excluding hydrogens is 388 g/mol. The van der Waals surface area contributed by atoms with Crippen molar-refractivity contribution in [2.24, 2.45) is 0 Å². The quantitative estimate of drug-likeness (QED) is 0.568. The van der Waals surface area contributed by atoms with Crippen LogP contribution in [0.2, 0.25) is 0 Å². The molecule has 1 N–H and O–H groups in total. The van der Waals surface area contributed by atoms with Crippen LogP contribution in [0, 0.1) is 0 Å². The van der Waals surface area contributed by atoms with E-state index in [-0.39, 0.29) is 5.76 Å². The van der Waals surface area contributed by atoms with E-state index in [0.717, 1.165) is 40.3 Å². The van der Waals surface area contributed by atoms with Crippen molar-refractivity contribution in [3.05, 3.63) is 101 Å². The van der Waals surface area contributed by atoms with Gasteiger partial charge in [-0.1, -0.05) is 64.5 Å². The molecule has 1 aliphatic heterocycles. The van der Waals surface area contributed by atoms with Gasteiger partial charge in [-0.15, -0.1) is 0 Å². The summed E-state index contributed by atoms with van der Waals surface area (Å²) in [5.74, 6) is 1.09. The third-order valence-corrected chi connectivity index (χ3v) is 5.05. The molecule has 3 nitrogen and oxygen atoms in total. The molecular formula is C22H19BrN2O. The second-order valence-corrected chi connectivity index (χ2v) is 7.07. The Bertz CT molecular complexity index is 858. The van der Waals surface area contributed by atoms with Gasteiger partial charge in [0.1, 0.15) is 0 Å². The molecule has 3 aromatic rings. The van der Waals surface area contributed by atoms with Gasteiger partial charge in [0, 0.05) is 34.5 Å². The van der Waals surface area contributed by atoms with Crippen molar-refractivity contribution in [2.45, 2.75) is 0 Å². The zero-order chi connectivity index (χ0) is 17.9. The molecule has 3 aromatic carbocycles. The first kappa shape index (κ1) is 16.7. The van der Waals surface area contributed by atoms with Crippen LogP contribution >= 0.6 is 15.9 Å². The summed E-state index contributed by atoms with van der Waals surface area (Å²) in [6.45, 7) is 1.63. The zero-order valence-electron chi connectivity index (χ0n) is 14.2. The van der Waals surface area contributed by atoms with Crippen LogP contribution in [0.1, 0.15) is 5.56 Å². The van der Waals surface area contributed by atoms with Crippen LogP contribution in [0.3, 0.4) is 0 Å². The molecule has 0 unspecified atom stereocenters. The van der Waals surface area contributed by atoms with Gasteiger partial charge in [0.05, 0.1) is 0 Å². The molecule has 26 heavy (non-hydrogen) atoms. The van der Waals surface area contributed by atoms with Crippen LogP contribution in [0.15, 0.2) is 95.2 Å². The summed E-state index contributed by atoms with van der Waals surface area (Å²) < 4.78 is 0.991. The van der Waals surface area contributed by atoms with E-state index in [0.29, 0.717) is 0 Å². The molecule has 1 fully saturated rings. The summed E-state index contributed by atoms with van der Waals surface area (Å²) in [6, 6.07) is 28.1. The minimum atomic E-state index is 0.280. The SMILES string of the molecule is OC(=C1N(c2ccccc2)CCN1c1ccccc1)c1ccc(Br)cc1. The number of aliphatic hydroxyl groups excluding tert-OH is 1. The molecule has 0 spiro atoms. The number of halogens is 1. The Morgan fingerprint density at radius 2 is 1.15 bits per heavy atom. The van der Waals surface area contributed by atoms with E-state index < -0.39 is 0 Å². The van der Waals surface area contributed by atoms with E-state index in [2.05, 4.69) is 50.0 Å². The van der Waals surface area contributed by atoms with Crippen molar-refractivity contribution in [2.75, 3.05) is 22.9 Å².